The summed E-state index contributed by atoms with van der Waals surface area (Å²) in [7, 11) is 1.79. The van der Waals surface area contributed by atoms with Crippen molar-refractivity contribution >= 4 is 24.2 Å². The van der Waals surface area contributed by atoms with Gasteiger partial charge >= 0.3 is 0 Å². The lowest BCUT2D eigenvalue weighted by molar-refractivity contribution is -0.159. The minimum atomic E-state index is -0.702. The maximum Gasteiger partial charge on any atom is 0.247 e. The van der Waals surface area contributed by atoms with E-state index in [0.29, 0.717) is 13.1 Å². The normalized spacial score (nSPS) is 27.1. The summed E-state index contributed by atoms with van der Waals surface area (Å²) in [5.74, 6) is 0.204. The van der Waals surface area contributed by atoms with Gasteiger partial charge < -0.3 is 15.1 Å². The van der Waals surface area contributed by atoms with E-state index < -0.39 is 5.54 Å². The van der Waals surface area contributed by atoms with E-state index in [9.17, 15) is 9.59 Å². The molecule has 0 spiro atoms. The predicted molar refractivity (Wildman–Crippen MR) is 71.7 cm³/mol. The first kappa shape index (κ1) is 15.2. The third-order valence-corrected chi connectivity index (χ3v) is 3.88. The zero-order chi connectivity index (χ0) is 12.6. The number of amides is 2. The van der Waals surface area contributed by atoms with Crippen LogP contribution >= 0.6 is 12.4 Å². The highest BCUT2D eigenvalue weighted by atomic mass is 35.5. The zero-order valence-corrected chi connectivity index (χ0v) is 12.0. The SMILES string of the molecule is CN1CCN(C(=O)C2CCNC2)C(C)(C)C1=O.Cl. The average Bonchev–Trinajstić information content (AvgIpc) is 2.79. The van der Waals surface area contributed by atoms with Crippen molar-refractivity contribution in [3.8, 4) is 0 Å². The highest BCUT2D eigenvalue weighted by Crippen LogP contribution is 2.25. The van der Waals surface area contributed by atoms with Gasteiger partial charge in [0.25, 0.3) is 0 Å². The Kier molecular flexibility index (Phi) is 4.61. The Morgan fingerprint density at radius 1 is 1.39 bits per heavy atom. The van der Waals surface area contributed by atoms with Gasteiger partial charge in [-0.2, -0.15) is 0 Å². The number of nitrogens with one attached hydrogen (secondary N) is 1. The highest BCUT2D eigenvalue weighted by molar-refractivity contribution is 5.92. The summed E-state index contributed by atoms with van der Waals surface area (Å²) in [6, 6.07) is 0. The van der Waals surface area contributed by atoms with Crippen LogP contribution in [-0.4, -0.2) is 60.4 Å². The predicted octanol–water partition coefficient (Wildman–Crippen LogP) is 0.0969. The molecule has 1 atom stereocenters. The molecule has 2 rings (SSSR count). The summed E-state index contributed by atoms with van der Waals surface area (Å²) in [6.07, 6.45) is 0.884. The number of piperazine rings is 1. The molecule has 18 heavy (non-hydrogen) atoms. The Hall–Kier alpha value is -0.810. The van der Waals surface area contributed by atoms with Crippen LogP contribution in [0.3, 0.4) is 0 Å². The second-order valence-electron chi connectivity index (χ2n) is 5.47. The largest absolute Gasteiger partial charge is 0.342 e. The number of hydrogen-bond donors (Lipinski definition) is 1. The number of hydrogen-bond acceptors (Lipinski definition) is 3. The fourth-order valence-electron chi connectivity index (χ4n) is 2.69. The average molecular weight is 276 g/mol. The fraction of sp³-hybridized carbons (Fsp3) is 0.833. The number of carbonyl (C=O) groups excluding carboxylic acids is 2. The summed E-state index contributed by atoms with van der Waals surface area (Å²) < 4.78 is 0. The number of carbonyl (C=O) groups is 2. The molecule has 2 heterocycles. The molecule has 0 aromatic rings. The van der Waals surface area contributed by atoms with Crippen LogP contribution in [0.1, 0.15) is 20.3 Å². The van der Waals surface area contributed by atoms with Crippen molar-refractivity contribution in [3.63, 3.8) is 0 Å². The minimum Gasteiger partial charge on any atom is -0.342 e. The number of halogens is 1. The first-order valence-electron chi connectivity index (χ1n) is 6.22. The van der Waals surface area contributed by atoms with E-state index in [0.717, 1.165) is 19.5 Å². The van der Waals surface area contributed by atoms with E-state index >= 15 is 0 Å². The summed E-state index contributed by atoms with van der Waals surface area (Å²) in [4.78, 5) is 27.9. The molecule has 1 unspecified atom stereocenters. The van der Waals surface area contributed by atoms with Crippen LogP contribution in [0.4, 0.5) is 0 Å². The molecule has 0 bridgehead atoms. The quantitative estimate of drug-likeness (QED) is 0.738. The monoisotopic (exact) mass is 275 g/mol. The molecular formula is C12H22ClN3O2. The standard InChI is InChI=1S/C12H21N3O2.ClH/c1-12(2)11(17)14(3)6-7-15(12)10(16)9-4-5-13-8-9;/h9,13H,4-8H2,1-3H3;1H. The second-order valence-corrected chi connectivity index (χ2v) is 5.47. The zero-order valence-electron chi connectivity index (χ0n) is 11.2. The molecule has 2 aliphatic heterocycles. The molecular weight excluding hydrogens is 254 g/mol. The molecule has 2 saturated heterocycles. The van der Waals surface area contributed by atoms with Gasteiger partial charge in [-0.3, -0.25) is 9.59 Å². The molecule has 1 N–H and O–H groups in total. The van der Waals surface area contributed by atoms with Crippen LogP contribution in [0.5, 0.6) is 0 Å². The van der Waals surface area contributed by atoms with Gasteiger partial charge in [0.05, 0.1) is 5.92 Å². The molecule has 0 radical (unpaired) electrons. The lowest BCUT2D eigenvalue weighted by Crippen LogP contribution is -2.64. The highest BCUT2D eigenvalue weighted by Gasteiger charge is 2.44. The van der Waals surface area contributed by atoms with Gasteiger partial charge in [-0.15, -0.1) is 12.4 Å². The molecule has 2 aliphatic rings. The topological polar surface area (TPSA) is 52.6 Å². The third-order valence-electron chi connectivity index (χ3n) is 3.88. The van der Waals surface area contributed by atoms with Crippen LogP contribution in [-0.2, 0) is 9.59 Å². The number of rotatable bonds is 1. The first-order valence-corrected chi connectivity index (χ1v) is 6.22. The smallest absolute Gasteiger partial charge is 0.247 e. The Morgan fingerprint density at radius 3 is 2.61 bits per heavy atom. The molecule has 2 amide bonds. The molecule has 0 aromatic carbocycles. The second kappa shape index (κ2) is 5.45. The van der Waals surface area contributed by atoms with Crippen molar-refractivity contribution in [2.45, 2.75) is 25.8 Å². The molecule has 5 nitrogen and oxygen atoms in total. The Bertz CT molecular complexity index is 340. The fourth-order valence-corrected chi connectivity index (χ4v) is 2.69. The van der Waals surface area contributed by atoms with Gasteiger partial charge in [0.1, 0.15) is 5.54 Å². The van der Waals surface area contributed by atoms with Gasteiger partial charge in [0, 0.05) is 26.7 Å². The Labute approximate surface area is 114 Å². The van der Waals surface area contributed by atoms with Gasteiger partial charge in [-0.25, -0.2) is 0 Å². The molecule has 0 aromatic heterocycles. The van der Waals surface area contributed by atoms with Crippen LogP contribution < -0.4 is 5.32 Å². The number of nitrogens with zero attached hydrogens (tertiary/aromatic N) is 2. The molecule has 6 heteroatoms. The van der Waals surface area contributed by atoms with E-state index in [4.69, 9.17) is 0 Å². The van der Waals surface area contributed by atoms with Crippen molar-refractivity contribution in [2.24, 2.45) is 5.92 Å². The summed E-state index contributed by atoms with van der Waals surface area (Å²) >= 11 is 0. The van der Waals surface area contributed by atoms with Crippen LogP contribution in [0.25, 0.3) is 0 Å². The maximum atomic E-state index is 12.4. The van der Waals surface area contributed by atoms with Gasteiger partial charge in [0.15, 0.2) is 0 Å². The summed E-state index contributed by atoms with van der Waals surface area (Å²) in [5.41, 5.74) is -0.702. The van der Waals surface area contributed by atoms with Gasteiger partial charge in [0.2, 0.25) is 11.8 Å². The van der Waals surface area contributed by atoms with Crippen molar-refractivity contribution in [1.82, 2.24) is 15.1 Å². The van der Waals surface area contributed by atoms with Crippen molar-refractivity contribution in [2.75, 3.05) is 33.2 Å². The maximum absolute atomic E-state index is 12.4. The Morgan fingerprint density at radius 2 is 2.06 bits per heavy atom. The molecule has 0 saturated carbocycles. The summed E-state index contributed by atoms with van der Waals surface area (Å²) in [6.45, 7) is 6.60. The van der Waals surface area contributed by atoms with Gasteiger partial charge in [-0.1, -0.05) is 0 Å². The Balaban J connectivity index is 0.00000162. The first-order chi connectivity index (χ1) is 7.94. The lowest BCUT2D eigenvalue weighted by Gasteiger charge is -2.45. The third kappa shape index (κ3) is 2.47. The van der Waals surface area contributed by atoms with Crippen molar-refractivity contribution < 1.29 is 9.59 Å². The number of likely N-dealkylation sites (N-methyl/N-ethyl adjacent to an activating group) is 1. The van der Waals surface area contributed by atoms with E-state index in [2.05, 4.69) is 5.32 Å². The summed E-state index contributed by atoms with van der Waals surface area (Å²) in [5, 5.41) is 3.20. The van der Waals surface area contributed by atoms with Crippen LogP contribution in [0, 0.1) is 5.92 Å². The van der Waals surface area contributed by atoms with Crippen molar-refractivity contribution in [1.29, 1.82) is 0 Å². The molecule has 2 fully saturated rings. The van der Waals surface area contributed by atoms with Gasteiger partial charge in [-0.05, 0) is 26.8 Å². The van der Waals surface area contributed by atoms with Crippen LogP contribution in [0.2, 0.25) is 0 Å². The van der Waals surface area contributed by atoms with Crippen molar-refractivity contribution in [3.05, 3.63) is 0 Å². The molecule has 0 aliphatic carbocycles. The van der Waals surface area contributed by atoms with E-state index in [-0.39, 0.29) is 30.1 Å². The van der Waals surface area contributed by atoms with E-state index in [1.165, 1.54) is 0 Å². The van der Waals surface area contributed by atoms with Crippen LogP contribution in [0.15, 0.2) is 0 Å². The van der Waals surface area contributed by atoms with E-state index in [1.807, 2.05) is 13.8 Å². The minimum absolute atomic E-state index is 0. The molecule has 104 valence electrons. The van der Waals surface area contributed by atoms with E-state index in [1.54, 1.807) is 16.8 Å². The lowest BCUT2D eigenvalue weighted by atomic mass is 9.95.